The summed E-state index contributed by atoms with van der Waals surface area (Å²) in [6, 6.07) is 3.85. The Hall–Kier alpha value is -2.01. The van der Waals surface area contributed by atoms with Crippen molar-refractivity contribution in [2.45, 2.75) is 5.51 Å². The maximum absolute atomic E-state index is 11.9. The number of nitrogens with one attached hydrogen (secondary N) is 2. The van der Waals surface area contributed by atoms with Crippen LogP contribution in [0, 0.1) is 10.1 Å². The first kappa shape index (κ1) is 17.0. The van der Waals surface area contributed by atoms with Gasteiger partial charge in [-0.05, 0) is 23.9 Å². The molecule has 0 atom stereocenters. The number of nitrogen functional groups attached to an aromatic ring is 1. The summed E-state index contributed by atoms with van der Waals surface area (Å²) in [6.07, 6.45) is 0. The molecular weight excluding hydrogens is 313 g/mol. The Morgan fingerprint density at radius 2 is 2.10 bits per heavy atom. The summed E-state index contributed by atoms with van der Waals surface area (Å²) in [5.41, 5.74) is -3.20. The number of nitrogens with two attached hydrogens (primary N) is 1. The van der Waals surface area contributed by atoms with Crippen LogP contribution in [-0.2, 0) is 0 Å². The highest BCUT2D eigenvalue weighted by molar-refractivity contribution is 8.00. The third-order valence-corrected chi connectivity index (χ3v) is 3.01. The molecule has 7 nitrogen and oxygen atoms in total. The van der Waals surface area contributed by atoms with Gasteiger partial charge in [0.25, 0.3) is 5.91 Å². The van der Waals surface area contributed by atoms with Gasteiger partial charge in [0.15, 0.2) is 0 Å². The summed E-state index contributed by atoms with van der Waals surface area (Å²) in [7, 11) is 0. The van der Waals surface area contributed by atoms with Gasteiger partial charge in [-0.3, -0.25) is 20.8 Å². The second kappa shape index (κ2) is 7.13. The van der Waals surface area contributed by atoms with Crippen molar-refractivity contribution in [1.82, 2.24) is 5.32 Å². The van der Waals surface area contributed by atoms with Crippen LogP contribution < -0.4 is 16.6 Å². The molecule has 0 fully saturated rings. The van der Waals surface area contributed by atoms with Crippen LogP contribution in [0.1, 0.15) is 10.4 Å². The maximum atomic E-state index is 11.9. The number of nitro benzene ring substituents is 1. The lowest BCUT2D eigenvalue weighted by molar-refractivity contribution is -0.384. The van der Waals surface area contributed by atoms with Crippen LogP contribution in [-0.4, -0.2) is 28.6 Å². The Bertz CT molecular complexity index is 539. The molecular formula is C10H11F3N4O3S. The second-order valence-corrected chi connectivity index (χ2v) is 4.81. The van der Waals surface area contributed by atoms with Gasteiger partial charge in [0, 0.05) is 12.3 Å². The first-order valence-corrected chi connectivity index (χ1v) is 6.47. The van der Waals surface area contributed by atoms with Gasteiger partial charge in [-0.15, -0.1) is 0 Å². The number of hydrogen-bond donors (Lipinski definition) is 3. The molecule has 21 heavy (non-hydrogen) atoms. The average molecular weight is 324 g/mol. The summed E-state index contributed by atoms with van der Waals surface area (Å²) in [5.74, 6) is 3.88. The molecule has 1 aromatic carbocycles. The van der Waals surface area contributed by atoms with E-state index in [0.717, 1.165) is 0 Å². The minimum Gasteiger partial charge on any atom is -0.351 e. The van der Waals surface area contributed by atoms with Crippen LogP contribution in [0.25, 0.3) is 0 Å². The van der Waals surface area contributed by atoms with Crippen molar-refractivity contribution in [2.24, 2.45) is 5.84 Å². The van der Waals surface area contributed by atoms with Crippen LogP contribution in [0.2, 0.25) is 0 Å². The van der Waals surface area contributed by atoms with Crippen molar-refractivity contribution in [3.63, 3.8) is 0 Å². The first-order chi connectivity index (χ1) is 9.76. The molecule has 0 aliphatic heterocycles. The number of para-hydroxylation sites is 1. The Kier molecular flexibility index (Phi) is 5.79. The number of amides is 1. The first-order valence-electron chi connectivity index (χ1n) is 5.49. The Morgan fingerprint density at radius 1 is 1.43 bits per heavy atom. The van der Waals surface area contributed by atoms with Crippen molar-refractivity contribution < 1.29 is 22.9 Å². The number of hydrazine groups is 1. The number of alkyl halides is 3. The van der Waals surface area contributed by atoms with Crippen LogP contribution in [0.5, 0.6) is 0 Å². The number of nitrogens with zero attached hydrogens (tertiary/aromatic N) is 1. The molecule has 0 spiro atoms. The van der Waals surface area contributed by atoms with E-state index in [1.807, 2.05) is 0 Å². The molecule has 0 aliphatic rings. The number of carbonyl (C=O) groups excluding carboxylic acids is 1. The zero-order chi connectivity index (χ0) is 16.0. The third kappa shape index (κ3) is 5.11. The molecule has 0 saturated heterocycles. The highest BCUT2D eigenvalue weighted by Crippen LogP contribution is 2.30. The number of thioether (sulfide) groups is 1. The lowest BCUT2D eigenvalue weighted by Crippen LogP contribution is -2.27. The maximum Gasteiger partial charge on any atom is 0.441 e. The van der Waals surface area contributed by atoms with E-state index in [1.54, 1.807) is 0 Å². The molecule has 0 aliphatic carbocycles. The summed E-state index contributed by atoms with van der Waals surface area (Å²) < 4.78 is 35.7. The van der Waals surface area contributed by atoms with Crippen LogP contribution >= 0.6 is 11.8 Å². The fourth-order valence-electron chi connectivity index (χ4n) is 1.47. The Morgan fingerprint density at radius 3 is 2.62 bits per heavy atom. The molecule has 1 aromatic rings. The number of anilines is 1. The predicted octanol–water partition coefficient (Wildman–Crippen LogP) is 1.86. The smallest absolute Gasteiger partial charge is 0.351 e. The minimum absolute atomic E-state index is 0.0719. The topological polar surface area (TPSA) is 110 Å². The number of benzene rings is 1. The van der Waals surface area contributed by atoms with Crippen LogP contribution in [0.15, 0.2) is 18.2 Å². The van der Waals surface area contributed by atoms with Gasteiger partial charge in [0.2, 0.25) is 0 Å². The molecule has 11 heteroatoms. The average Bonchev–Trinajstić information content (AvgIpc) is 2.41. The monoisotopic (exact) mass is 324 g/mol. The Labute approximate surface area is 121 Å². The fourth-order valence-corrected chi connectivity index (χ4v) is 1.90. The molecule has 116 valence electrons. The normalized spacial score (nSPS) is 11.0. The second-order valence-electron chi connectivity index (χ2n) is 3.65. The van der Waals surface area contributed by atoms with Gasteiger partial charge >= 0.3 is 11.2 Å². The van der Waals surface area contributed by atoms with E-state index in [1.165, 1.54) is 18.2 Å². The van der Waals surface area contributed by atoms with Gasteiger partial charge in [0.05, 0.1) is 4.92 Å². The number of nitro groups is 1. The van der Waals surface area contributed by atoms with Crippen molar-refractivity contribution in [3.05, 3.63) is 33.9 Å². The van der Waals surface area contributed by atoms with E-state index in [9.17, 15) is 28.1 Å². The van der Waals surface area contributed by atoms with Crippen molar-refractivity contribution in [2.75, 3.05) is 17.7 Å². The van der Waals surface area contributed by atoms with E-state index < -0.39 is 27.8 Å². The van der Waals surface area contributed by atoms with Crippen LogP contribution in [0.3, 0.4) is 0 Å². The highest BCUT2D eigenvalue weighted by atomic mass is 32.2. The summed E-state index contributed by atoms with van der Waals surface area (Å²) in [6.45, 7) is -0.277. The molecule has 0 unspecified atom stereocenters. The molecule has 4 N–H and O–H groups in total. The van der Waals surface area contributed by atoms with E-state index in [4.69, 9.17) is 5.84 Å². The molecule has 0 aromatic heterocycles. The van der Waals surface area contributed by atoms with Gasteiger partial charge in [-0.25, -0.2) is 0 Å². The van der Waals surface area contributed by atoms with Crippen molar-refractivity contribution >= 4 is 29.0 Å². The van der Waals surface area contributed by atoms with Gasteiger partial charge in [0.1, 0.15) is 11.3 Å². The quantitative estimate of drug-likeness (QED) is 0.319. The van der Waals surface area contributed by atoms with E-state index >= 15 is 0 Å². The summed E-state index contributed by atoms with van der Waals surface area (Å²) in [5, 5.41) is 13.1. The fraction of sp³-hybridized carbons (Fsp3) is 0.300. The molecule has 0 saturated carbocycles. The molecule has 1 rings (SSSR count). The standard InChI is InChI=1S/C10H11F3N4O3S/c11-10(12,13)21-5-4-15-9(18)6-2-1-3-7(16-14)8(6)17(19)20/h1-3,16H,4-5,14H2,(H,15,18). The zero-order valence-electron chi connectivity index (χ0n) is 10.4. The molecule has 0 radical (unpaired) electrons. The van der Waals surface area contributed by atoms with Crippen molar-refractivity contribution in [1.29, 1.82) is 0 Å². The lowest BCUT2D eigenvalue weighted by atomic mass is 10.1. The van der Waals surface area contributed by atoms with E-state index in [2.05, 4.69) is 10.7 Å². The van der Waals surface area contributed by atoms with E-state index in [0.29, 0.717) is 0 Å². The van der Waals surface area contributed by atoms with Gasteiger partial charge in [-0.1, -0.05) is 6.07 Å². The van der Waals surface area contributed by atoms with E-state index in [-0.39, 0.29) is 29.6 Å². The van der Waals surface area contributed by atoms with Gasteiger partial charge < -0.3 is 10.7 Å². The van der Waals surface area contributed by atoms with Crippen LogP contribution in [0.4, 0.5) is 24.5 Å². The largest absolute Gasteiger partial charge is 0.441 e. The lowest BCUT2D eigenvalue weighted by Gasteiger charge is -2.09. The minimum atomic E-state index is -4.39. The zero-order valence-corrected chi connectivity index (χ0v) is 11.3. The highest BCUT2D eigenvalue weighted by Gasteiger charge is 2.28. The predicted molar refractivity (Wildman–Crippen MR) is 71.8 cm³/mol. The molecule has 1 amide bonds. The van der Waals surface area contributed by atoms with Gasteiger partial charge in [-0.2, -0.15) is 13.2 Å². The number of halogens is 3. The third-order valence-electron chi connectivity index (χ3n) is 2.27. The SMILES string of the molecule is NNc1cccc(C(=O)NCCSC(F)(F)F)c1[N+](=O)[O-]. The summed E-state index contributed by atoms with van der Waals surface area (Å²) in [4.78, 5) is 21.9. The number of carbonyl (C=O) groups is 1. The number of rotatable bonds is 6. The molecule has 0 heterocycles. The summed E-state index contributed by atoms with van der Waals surface area (Å²) >= 11 is -0.292. The van der Waals surface area contributed by atoms with Crippen molar-refractivity contribution in [3.8, 4) is 0 Å². The Balaban J connectivity index is 2.77. The number of hydrogen-bond acceptors (Lipinski definition) is 6. The molecule has 0 bridgehead atoms.